The van der Waals surface area contributed by atoms with Crippen LogP contribution in [0.4, 0.5) is 0 Å². The number of nitrogens with two attached hydrogens (primary N) is 1. The molecule has 0 aromatic heterocycles. The molecule has 0 aliphatic rings. The zero-order valence-electron chi connectivity index (χ0n) is 11.9. The SMILES string of the molecule is Cc1ccc(CCC(=O)N(C)C(C)(C)CN)cc1. The Morgan fingerprint density at radius 1 is 1.28 bits per heavy atom. The standard InChI is InChI=1S/C15H24N2O/c1-12-5-7-13(8-6-12)9-10-14(18)17(4)15(2,3)11-16/h5-8H,9-11,16H2,1-4H3. The van der Waals surface area contributed by atoms with Crippen LogP contribution in [0.25, 0.3) is 0 Å². The minimum atomic E-state index is -0.273. The van der Waals surface area contributed by atoms with E-state index < -0.39 is 0 Å². The zero-order valence-corrected chi connectivity index (χ0v) is 11.9. The Hall–Kier alpha value is -1.35. The van der Waals surface area contributed by atoms with E-state index in [4.69, 9.17) is 5.73 Å². The van der Waals surface area contributed by atoms with Crippen LogP contribution < -0.4 is 5.73 Å². The van der Waals surface area contributed by atoms with Crippen molar-refractivity contribution >= 4 is 5.91 Å². The molecule has 1 aromatic carbocycles. The molecule has 1 amide bonds. The molecule has 2 N–H and O–H groups in total. The first-order chi connectivity index (χ1) is 8.36. The number of hydrogen-bond acceptors (Lipinski definition) is 2. The van der Waals surface area contributed by atoms with Gasteiger partial charge in [-0.15, -0.1) is 0 Å². The summed E-state index contributed by atoms with van der Waals surface area (Å²) >= 11 is 0. The molecule has 0 aliphatic carbocycles. The van der Waals surface area contributed by atoms with Crippen LogP contribution in [0.15, 0.2) is 24.3 Å². The lowest BCUT2D eigenvalue weighted by molar-refractivity contribution is -0.134. The van der Waals surface area contributed by atoms with Crippen molar-refractivity contribution in [2.24, 2.45) is 5.73 Å². The molecular weight excluding hydrogens is 224 g/mol. The van der Waals surface area contributed by atoms with Crippen molar-refractivity contribution in [1.82, 2.24) is 4.90 Å². The second kappa shape index (κ2) is 6.01. The molecule has 3 nitrogen and oxygen atoms in total. The average Bonchev–Trinajstić information content (AvgIpc) is 2.36. The van der Waals surface area contributed by atoms with Gasteiger partial charge in [-0.3, -0.25) is 4.79 Å². The number of amides is 1. The molecular formula is C15H24N2O. The van der Waals surface area contributed by atoms with Crippen molar-refractivity contribution in [3.63, 3.8) is 0 Å². The number of rotatable bonds is 5. The lowest BCUT2D eigenvalue weighted by Crippen LogP contribution is -2.50. The van der Waals surface area contributed by atoms with Crippen molar-refractivity contribution in [2.75, 3.05) is 13.6 Å². The summed E-state index contributed by atoms with van der Waals surface area (Å²) in [5.74, 6) is 0.144. The molecule has 0 fully saturated rings. The van der Waals surface area contributed by atoms with Crippen molar-refractivity contribution in [3.05, 3.63) is 35.4 Å². The molecule has 0 unspecified atom stereocenters. The molecule has 0 saturated heterocycles. The topological polar surface area (TPSA) is 46.3 Å². The van der Waals surface area contributed by atoms with Gasteiger partial charge in [0.1, 0.15) is 0 Å². The summed E-state index contributed by atoms with van der Waals surface area (Å²) in [4.78, 5) is 13.8. The lowest BCUT2D eigenvalue weighted by Gasteiger charge is -2.34. The summed E-state index contributed by atoms with van der Waals surface area (Å²) in [6, 6.07) is 8.31. The minimum absolute atomic E-state index is 0.144. The molecule has 3 heteroatoms. The Morgan fingerprint density at radius 3 is 2.33 bits per heavy atom. The van der Waals surface area contributed by atoms with Crippen molar-refractivity contribution < 1.29 is 4.79 Å². The van der Waals surface area contributed by atoms with Crippen LogP contribution in [0.5, 0.6) is 0 Å². The number of nitrogens with zero attached hydrogens (tertiary/aromatic N) is 1. The van der Waals surface area contributed by atoms with Gasteiger partial charge in [-0.1, -0.05) is 29.8 Å². The summed E-state index contributed by atoms with van der Waals surface area (Å²) < 4.78 is 0. The van der Waals surface area contributed by atoms with E-state index in [0.29, 0.717) is 13.0 Å². The van der Waals surface area contributed by atoms with Crippen molar-refractivity contribution in [3.8, 4) is 0 Å². The number of aryl methyl sites for hydroxylation is 2. The van der Waals surface area contributed by atoms with Crippen LogP contribution in [-0.2, 0) is 11.2 Å². The number of carbonyl (C=O) groups is 1. The first-order valence-electron chi connectivity index (χ1n) is 6.39. The van der Waals surface area contributed by atoms with Gasteiger partial charge in [-0.2, -0.15) is 0 Å². The molecule has 0 atom stereocenters. The van der Waals surface area contributed by atoms with Crippen molar-refractivity contribution in [2.45, 2.75) is 39.2 Å². The number of benzene rings is 1. The molecule has 100 valence electrons. The van der Waals surface area contributed by atoms with Gasteiger partial charge >= 0.3 is 0 Å². The highest BCUT2D eigenvalue weighted by Crippen LogP contribution is 2.13. The van der Waals surface area contributed by atoms with Crippen LogP contribution in [0.2, 0.25) is 0 Å². The fourth-order valence-corrected chi connectivity index (χ4v) is 1.65. The third kappa shape index (κ3) is 3.84. The fraction of sp³-hybridized carbons (Fsp3) is 0.533. The third-order valence-electron chi connectivity index (χ3n) is 3.53. The smallest absolute Gasteiger partial charge is 0.223 e. The summed E-state index contributed by atoms with van der Waals surface area (Å²) in [5.41, 5.74) is 7.85. The quantitative estimate of drug-likeness (QED) is 0.867. The second-order valence-corrected chi connectivity index (χ2v) is 5.45. The normalized spacial score (nSPS) is 11.4. The third-order valence-corrected chi connectivity index (χ3v) is 3.53. The van der Waals surface area contributed by atoms with E-state index in [1.807, 2.05) is 20.9 Å². The Kier molecular flexibility index (Phi) is 4.91. The molecule has 0 aliphatic heterocycles. The molecule has 1 rings (SSSR count). The highest BCUT2D eigenvalue weighted by Gasteiger charge is 2.25. The first-order valence-corrected chi connectivity index (χ1v) is 6.39. The predicted octanol–water partition coefficient (Wildman–Crippen LogP) is 2.12. The van der Waals surface area contributed by atoms with Crippen LogP contribution >= 0.6 is 0 Å². The molecule has 0 bridgehead atoms. The summed E-state index contributed by atoms with van der Waals surface area (Å²) in [5, 5.41) is 0. The van der Waals surface area contributed by atoms with Crippen LogP contribution in [-0.4, -0.2) is 29.9 Å². The minimum Gasteiger partial charge on any atom is -0.339 e. The maximum absolute atomic E-state index is 12.1. The predicted molar refractivity (Wildman–Crippen MR) is 75.4 cm³/mol. The van der Waals surface area contributed by atoms with E-state index in [9.17, 15) is 4.79 Å². The van der Waals surface area contributed by atoms with E-state index in [-0.39, 0.29) is 11.4 Å². The van der Waals surface area contributed by atoms with Gasteiger partial charge in [0.15, 0.2) is 0 Å². The maximum atomic E-state index is 12.1. The zero-order chi connectivity index (χ0) is 13.8. The molecule has 1 aromatic rings. The molecule has 0 saturated carbocycles. The monoisotopic (exact) mass is 248 g/mol. The van der Waals surface area contributed by atoms with Crippen molar-refractivity contribution in [1.29, 1.82) is 0 Å². The fourth-order valence-electron chi connectivity index (χ4n) is 1.65. The van der Waals surface area contributed by atoms with Gasteiger partial charge < -0.3 is 10.6 Å². The highest BCUT2D eigenvalue weighted by molar-refractivity contribution is 5.77. The Morgan fingerprint density at radius 2 is 1.83 bits per heavy atom. The van der Waals surface area contributed by atoms with Gasteiger partial charge in [0.2, 0.25) is 5.91 Å². The van der Waals surface area contributed by atoms with Gasteiger partial charge in [-0.25, -0.2) is 0 Å². The van der Waals surface area contributed by atoms with Gasteiger partial charge in [0.25, 0.3) is 0 Å². The van der Waals surface area contributed by atoms with Gasteiger partial charge in [0.05, 0.1) is 0 Å². The second-order valence-electron chi connectivity index (χ2n) is 5.45. The van der Waals surface area contributed by atoms with Crippen LogP contribution in [0.1, 0.15) is 31.4 Å². The van der Waals surface area contributed by atoms with E-state index in [1.165, 1.54) is 11.1 Å². The molecule has 18 heavy (non-hydrogen) atoms. The Bertz CT molecular complexity index is 395. The van der Waals surface area contributed by atoms with E-state index in [2.05, 4.69) is 31.2 Å². The first kappa shape index (κ1) is 14.7. The molecule has 0 spiro atoms. The number of likely N-dealkylation sites (N-methyl/N-ethyl adjacent to an activating group) is 1. The van der Waals surface area contributed by atoms with Crippen LogP contribution in [0, 0.1) is 6.92 Å². The largest absolute Gasteiger partial charge is 0.339 e. The maximum Gasteiger partial charge on any atom is 0.223 e. The number of hydrogen-bond donors (Lipinski definition) is 1. The summed E-state index contributed by atoms with van der Waals surface area (Å²) in [6.07, 6.45) is 1.31. The summed E-state index contributed by atoms with van der Waals surface area (Å²) in [6.45, 7) is 6.50. The van der Waals surface area contributed by atoms with E-state index >= 15 is 0 Å². The highest BCUT2D eigenvalue weighted by atomic mass is 16.2. The Balaban J connectivity index is 2.53. The lowest BCUT2D eigenvalue weighted by atomic mass is 10.0. The van der Waals surface area contributed by atoms with E-state index in [1.54, 1.807) is 4.90 Å². The summed E-state index contributed by atoms with van der Waals surface area (Å²) in [7, 11) is 1.82. The molecule has 0 heterocycles. The van der Waals surface area contributed by atoms with Gasteiger partial charge in [0, 0.05) is 25.6 Å². The van der Waals surface area contributed by atoms with Crippen LogP contribution in [0.3, 0.4) is 0 Å². The Labute approximate surface area is 110 Å². The average molecular weight is 248 g/mol. The molecule has 0 radical (unpaired) electrons. The van der Waals surface area contributed by atoms with Gasteiger partial charge in [-0.05, 0) is 32.8 Å². The van der Waals surface area contributed by atoms with E-state index in [0.717, 1.165) is 6.42 Å². The number of carbonyl (C=O) groups excluding carboxylic acids is 1.